The Morgan fingerprint density at radius 2 is 2.03 bits per heavy atom. The third kappa shape index (κ3) is 5.29. The fourth-order valence-electron chi connectivity index (χ4n) is 3.28. The van der Waals surface area contributed by atoms with Crippen molar-refractivity contribution in [3.05, 3.63) is 41.3 Å². The van der Waals surface area contributed by atoms with E-state index in [1.54, 1.807) is 41.6 Å². The van der Waals surface area contributed by atoms with E-state index in [1.165, 1.54) is 0 Å². The second kappa shape index (κ2) is 9.60. The minimum atomic E-state index is -3.66. The highest BCUT2D eigenvalue weighted by molar-refractivity contribution is 7.94. The summed E-state index contributed by atoms with van der Waals surface area (Å²) in [5, 5.41) is 5.04. The molecule has 1 aliphatic rings. The van der Waals surface area contributed by atoms with E-state index in [1.807, 2.05) is 6.07 Å². The van der Waals surface area contributed by atoms with Crippen LogP contribution in [-0.2, 0) is 10.0 Å². The number of thiophene rings is 1. The predicted octanol–water partition coefficient (Wildman–Crippen LogP) is 2.83. The van der Waals surface area contributed by atoms with Crippen molar-refractivity contribution in [2.24, 2.45) is 0 Å². The van der Waals surface area contributed by atoms with Crippen molar-refractivity contribution in [3.8, 4) is 0 Å². The number of nitrogens with one attached hydrogen (secondary N) is 2. The molecule has 3 rings (SSSR count). The van der Waals surface area contributed by atoms with Crippen molar-refractivity contribution in [3.63, 3.8) is 0 Å². The number of unbranched alkanes of at least 4 members (excludes halogenated alkanes) is 1. The van der Waals surface area contributed by atoms with Crippen molar-refractivity contribution < 1.29 is 13.2 Å². The van der Waals surface area contributed by atoms with Crippen LogP contribution in [0.1, 0.15) is 30.1 Å². The second-order valence-electron chi connectivity index (χ2n) is 7.09. The Kier molecular flexibility index (Phi) is 7.15. The van der Waals surface area contributed by atoms with Gasteiger partial charge >= 0.3 is 0 Å². The Labute approximate surface area is 176 Å². The predicted molar refractivity (Wildman–Crippen MR) is 119 cm³/mol. The molecule has 0 radical (unpaired) electrons. The lowest BCUT2D eigenvalue weighted by Gasteiger charge is -2.32. The van der Waals surface area contributed by atoms with Crippen LogP contribution in [0.25, 0.3) is 0 Å². The van der Waals surface area contributed by atoms with Gasteiger partial charge in [-0.15, -0.1) is 11.3 Å². The van der Waals surface area contributed by atoms with Gasteiger partial charge in [-0.05, 0) is 36.1 Å². The van der Waals surface area contributed by atoms with Gasteiger partial charge in [0.05, 0.1) is 5.56 Å². The zero-order chi connectivity index (χ0) is 20.9. The van der Waals surface area contributed by atoms with Crippen LogP contribution in [0.3, 0.4) is 0 Å². The largest absolute Gasteiger partial charge is 0.368 e. The van der Waals surface area contributed by atoms with Gasteiger partial charge in [0.25, 0.3) is 15.9 Å². The van der Waals surface area contributed by atoms with Crippen LogP contribution in [0.2, 0.25) is 0 Å². The first-order valence-corrected chi connectivity index (χ1v) is 12.2. The first-order valence-electron chi connectivity index (χ1n) is 9.84. The minimum Gasteiger partial charge on any atom is -0.368 e. The molecule has 0 saturated carbocycles. The number of sulfonamides is 1. The van der Waals surface area contributed by atoms with Crippen molar-refractivity contribution in [1.29, 1.82) is 0 Å². The zero-order valence-electron chi connectivity index (χ0n) is 16.8. The molecule has 9 heteroatoms. The van der Waals surface area contributed by atoms with E-state index in [0.717, 1.165) is 56.0 Å². The molecule has 0 bridgehead atoms. The van der Waals surface area contributed by atoms with Gasteiger partial charge in [0.15, 0.2) is 0 Å². The van der Waals surface area contributed by atoms with Crippen LogP contribution in [0.4, 0.5) is 11.4 Å². The number of carbonyl (C=O) groups is 1. The third-order valence-corrected chi connectivity index (χ3v) is 7.67. The summed E-state index contributed by atoms with van der Waals surface area (Å²) in [5.74, 6) is -0.0934. The van der Waals surface area contributed by atoms with Crippen LogP contribution in [-0.4, -0.2) is 59.0 Å². The highest BCUT2D eigenvalue weighted by Crippen LogP contribution is 2.28. The fourth-order valence-corrected chi connectivity index (χ4v) is 5.32. The van der Waals surface area contributed by atoms with Gasteiger partial charge < -0.3 is 15.1 Å². The number of hydrogen-bond donors (Lipinski definition) is 2. The molecular weight excluding hydrogens is 408 g/mol. The van der Waals surface area contributed by atoms with Gasteiger partial charge in [0.1, 0.15) is 4.21 Å². The molecule has 0 spiro atoms. The number of rotatable bonds is 8. The Bertz CT molecular complexity index is 923. The van der Waals surface area contributed by atoms with Crippen LogP contribution in [0.5, 0.6) is 0 Å². The van der Waals surface area contributed by atoms with Gasteiger partial charge in [0.2, 0.25) is 0 Å². The van der Waals surface area contributed by atoms with E-state index in [0.29, 0.717) is 17.8 Å². The maximum Gasteiger partial charge on any atom is 0.271 e. The van der Waals surface area contributed by atoms with Gasteiger partial charge in [0, 0.05) is 51.1 Å². The quantitative estimate of drug-likeness (QED) is 0.665. The molecule has 0 aliphatic carbocycles. The molecule has 2 aromatic rings. The monoisotopic (exact) mass is 436 g/mol. The smallest absolute Gasteiger partial charge is 0.271 e. The Morgan fingerprint density at radius 1 is 1.28 bits per heavy atom. The molecule has 158 valence electrons. The summed E-state index contributed by atoms with van der Waals surface area (Å²) >= 11 is 1.16. The van der Waals surface area contributed by atoms with Gasteiger partial charge in [-0.25, -0.2) is 8.42 Å². The standard InChI is InChI=1S/C20H28N4O3S2/c1-3-4-11-23(2)20(25)17-15-16(22-29(26,27)19-6-5-14-28-19)7-8-18(17)24-12-9-21-10-13-24/h5-8,14-15,21-22H,3-4,9-13H2,1-2H3. The van der Waals surface area contributed by atoms with E-state index in [2.05, 4.69) is 21.9 Å². The lowest BCUT2D eigenvalue weighted by atomic mass is 10.1. The Hall–Kier alpha value is -2.10. The highest BCUT2D eigenvalue weighted by Gasteiger charge is 2.23. The summed E-state index contributed by atoms with van der Waals surface area (Å²) in [6, 6.07) is 8.49. The maximum absolute atomic E-state index is 13.2. The van der Waals surface area contributed by atoms with Gasteiger partial charge in [-0.3, -0.25) is 9.52 Å². The van der Waals surface area contributed by atoms with E-state index >= 15 is 0 Å². The summed E-state index contributed by atoms with van der Waals surface area (Å²) in [4.78, 5) is 17.1. The summed E-state index contributed by atoms with van der Waals surface area (Å²) in [6.07, 6.45) is 1.93. The highest BCUT2D eigenvalue weighted by atomic mass is 32.2. The van der Waals surface area contributed by atoms with Crippen LogP contribution >= 0.6 is 11.3 Å². The first-order chi connectivity index (χ1) is 13.9. The maximum atomic E-state index is 13.2. The fraction of sp³-hybridized carbons (Fsp3) is 0.450. The summed E-state index contributed by atoms with van der Waals surface area (Å²) in [7, 11) is -1.87. The lowest BCUT2D eigenvalue weighted by Crippen LogP contribution is -2.44. The SMILES string of the molecule is CCCCN(C)C(=O)c1cc(NS(=O)(=O)c2cccs2)ccc1N1CCNCC1. The van der Waals surface area contributed by atoms with Gasteiger partial charge in [-0.2, -0.15) is 0 Å². The zero-order valence-corrected chi connectivity index (χ0v) is 18.5. The minimum absolute atomic E-state index is 0.0934. The van der Waals surface area contributed by atoms with Crippen LogP contribution in [0, 0.1) is 0 Å². The molecule has 1 aromatic heterocycles. The number of piperazine rings is 1. The van der Waals surface area contributed by atoms with Crippen LogP contribution < -0.4 is 14.9 Å². The van der Waals surface area contributed by atoms with Crippen molar-refractivity contribution in [2.75, 3.05) is 49.4 Å². The summed E-state index contributed by atoms with van der Waals surface area (Å²) in [5.41, 5.74) is 1.76. The molecule has 1 saturated heterocycles. The van der Waals surface area contributed by atoms with E-state index < -0.39 is 10.0 Å². The molecule has 1 aromatic carbocycles. The number of anilines is 2. The number of benzene rings is 1. The van der Waals surface area contributed by atoms with E-state index in [9.17, 15) is 13.2 Å². The second-order valence-corrected chi connectivity index (χ2v) is 9.94. The molecule has 7 nitrogen and oxygen atoms in total. The topological polar surface area (TPSA) is 81.8 Å². The van der Waals surface area contributed by atoms with E-state index in [4.69, 9.17) is 0 Å². The summed E-state index contributed by atoms with van der Waals surface area (Å²) < 4.78 is 28.0. The normalized spacial score (nSPS) is 14.6. The van der Waals surface area contributed by atoms with E-state index in [-0.39, 0.29) is 10.1 Å². The third-order valence-electron chi connectivity index (χ3n) is 4.89. The molecule has 2 N–H and O–H groups in total. The molecular formula is C20H28N4O3S2. The molecule has 0 atom stereocenters. The molecule has 1 fully saturated rings. The molecule has 2 heterocycles. The molecule has 29 heavy (non-hydrogen) atoms. The number of hydrogen-bond acceptors (Lipinski definition) is 6. The first kappa shape index (κ1) is 21.6. The number of carbonyl (C=O) groups excluding carboxylic acids is 1. The van der Waals surface area contributed by atoms with Crippen molar-refractivity contribution >= 4 is 38.6 Å². The Morgan fingerprint density at radius 3 is 2.69 bits per heavy atom. The van der Waals surface area contributed by atoms with Crippen LogP contribution in [0.15, 0.2) is 39.9 Å². The number of amides is 1. The average molecular weight is 437 g/mol. The average Bonchev–Trinajstić information content (AvgIpc) is 3.28. The molecule has 0 unspecified atom stereocenters. The molecule has 1 aliphatic heterocycles. The van der Waals surface area contributed by atoms with Crippen molar-refractivity contribution in [2.45, 2.75) is 24.0 Å². The lowest BCUT2D eigenvalue weighted by molar-refractivity contribution is 0.0794. The number of nitrogens with zero attached hydrogens (tertiary/aromatic N) is 2. The summed E-state index contributed by atoms with van der Waals surface area (Å²) in [6.45, 7) is 6.07. The Balaban J connectivity index is 1.92. The van der Waals surface area contributed by atoms with Gasteiger partial charge in [-0.1, -0.05) is 19.4 Å². The molecule has 1 amide bonds. The van der Waals surface area contributed by atoms with Crippen molar-refractivity contribution in [1.82, 2.24) is 10.2 Å².